The van der Waals surface area contributed by atoms with E-state index in [0.29, 0.717) is 0 Å². The number of esters is 1. The number of likely N-dealkylation sites (tertiary alicyclic amines) is 1. The lowest BCUT2D eigenvalue weighted by atomic mass is 10.0. The normalized spacial score (nSPS) is 22.6. The number of benzene rings is 1. The molecule has 0 amide bonds. The standard InChI is InChI=1S/C17H21NO2/c19-17-13-15(18-11-5-2-6-12-18)16(20-17)10-9-14-7-3-1-4-8-14/h1,3-4,7-8,13,16H,2,5-6,9-12H2. The highest BCUT2D eigenvalue weighted by molar-refractivity contribution is 5.85. The zero-order valence-corrected chi connectivity index (χ0v) is 11.8. The van der Waals surface area contributed by atoms with Gasteiger partial charge in [0.05, 0.1) is 5.70 Å². The van der Waals surface area contributed by atoms with Crippen molar-refractivity contribution >= 4 is 5.97 Å². The van der Waals surface area contributed by atoms with Gasteiger partial charge in [0, 0.05) is 19.2 Å². The summed E-state index contributed by atoms with van der Waals surface area (Å²) in [6, 6.07) is 10.4. The van der Waals surface area contributed by atoms with Gasteiger partial charge in [0.25, 0.3) is 0 Å². The second kappa shape index (κ2) is 6.12. The van der Waals surface area contributed by atoms with E-state index in [-0.39, 0.29) is 12.1 Å². The molecule has 1 atom stereocenters. The first-order valence-electron chi connectivity index (χ1n) is 7.54. The predicted molar refractivity (Wildman–Crippen MR) is 78.2 cm³/mol. The van der Waals surface area contributed by atoms with Gasteiger partial charge in [-0.2, -0.15) is 0 Å². The molecule has 2 aliphatic rings. The Morgan fingerprint density at radius 1 is 1.10 bits per heavy atom. The molecular formula is C17H21NO2. The minimum Gasteiger partial charge on any atom is -0.453 e. The van der Waals surface area contributed by atoms with E-state index in [1.54, 1.807) is 6.08 Å². The Balaban J connectivity index is 1.63. The number of carbonyl (C=O) groups excluding carboxylic acids is 1. The van der Waals surface area contributed by atoms with Gasteiger partial charge < -0.3 is 9.64 Å². The molecule has 1 aromatic carbocycles. The van der Waals surface area contributed by atoms with Crippen molar-refractivity contribution in [1.82, 2.24) is 4.90 Å². The number of carbonyl (C=O) groups is 1. The molecule has 0 spiro atoms. The summed E-state index contributed by atoms with van der Waals surface area (Å²) in [6.45, 7) is 2.12. The van der Waals surface area contributed by atoms with Gasteiger partial charge in [0.15, 0.2) is 0 Å². The van der Waals surface area contributed by atoms with Crippen molar-refractivity contribution in [3.05, 3.63) is 47.7 Å². The van der Waals surface area contributed by atoms with Gasteiger partial charge in [-0.3, -0.25) is 0 Å². The molecule has 0 saturated carbocycles. The molecule has 2 aliphatic heterocycles. The maximum absolute atomic E-state index is 11.6. The summed E-state index contributed by atoms with van der Waals surface area (Å²) in [5.74, 6) is -0.177. The van der Waals surface area contributed by atoms with Gasteiger partial charge >= 0.3 is 5.97 Å². The molecule has 20 heavy (non-hydrogen) atoms. The Kier molecular flexibility index (Phi) is 4.05. The molecule has 0 bridgehead atoms. The fraction of sp³-hybridized carbons (Fsp3) is 0.471. The van der Waals surface area contributed by atoms with E-state index >= 15 is 0 Å². The smallest absolute Gasteiger partial charge is 0.333 e. The SMILES string of the molecule is O=C1C=C(N2CCCCC2)C(CCc2ccccc2)O1. The molecule has 0 radical (unpaired) electrons. The van der Waals surface area contributed by atoms with Crippen LogP contribution >= 0.6 is 0 Å². The van der Waals surface area contributed by atoms with E-state index in [1.165, 1.54) is 24.8 Å². The van der Waals surface area contributed by atoms with Crippen LogP contribution in [0.1, 0.15) is 31.2 Å². The third kappa shape index (κ3) is 3.03. The van der Waals surface area contributed by atoms with E-state index in [4.69, 9.17) is 4.74 Å². The average molecular weight is 271 g/mol. The van der Waals surface area contributed by atoms with Crippen molar-refractivity contribution in [2.24, 2.45) is 0 Å². The van der Waals surface area contributed by atoms with E-state index in [2.05, 4.69) is 29.2 Å². The highest BCUT2D eigenvalue weighted by Crippen LogP contribution is 2.26. The monoisotopic (exact) mass is 271 g/mol. The van der Waals surface area contributed by atoms with E-state index in [9.17, 15) is 4.79 Å². The predicted octanol–water partition coefficient (Wildman–Crippen LogP) is 2.91. The quantitative estimate of drug-likeness (QED) is 0.789. The molecule has 1 unspecified atom stereocenters. The molecule has 1 saturated heterocycles. The molecule has 1 aromatic rings. The van der Waals surface area contributed by atoms with Crippen molar-refractivity contribution in [3.8, 4) is 0 Å². The van der Waals surface area contributed by atoms with Gasteiger partial charge in [0.2, 0.25) is 0 Å². The van der Waals surface area contributed by atoms with Gasteiger partial charge in [0.1, 0.15) is 6.10 Å². The number of rotatable bonds is 4. The van der Waals surface area contributed by atoms with Crippen LogP contribution in [0.5, 0.6) is 0 Å². The van der Waals surface area contributed by atoms with Crippen LogP contribution in [0.4, 0.5) is 0 Å². The molecule has 3 nitrogen and oxygen atoms in total. The second-order valence-electron chi connectivity index (χ2n) is 5.57. The summed E-state index contributed by atoms with van der Waals surface area (Å²) in [5.41, 5.74) is 2.40. The van der Waals surface area contributed by atoms with E-state index in [0.717, 1.165) is 31.6 Å². The van der Waals surface area contributed by atoms with Crippen molar-refractivity contribution in [1.29, 1.82) is 0 Å². The first-order valence-corrected chi connectivity index (χ1v) is 7.54. The topological polar surface area (TPSA) is 29.5 Å². The minimum absolute atomic E-state index is 0.0548. The first-order chi connectivity index (χ1) is 9.83. The highest BCUT2D eigenvalue weighted by Gasteiger charge is 2.30. The lowest BCUT2D eigenvalue weighted by Crippen LogP contribution is -2.33. The van der Waals surface area contributed by atoms with Crippen molar-refractivity contribution in [2.75, 3.05) is 13.1 Å². The molecule has 106 valence electrons. The van der Waals surface area contributed by atoms with Gasteiger partial charge in [-0.1, -0.05) is 30.3 Å². The van der Waals surface area contributed by atoms with Crippen LogP contribution in [0.2, 0.25) is 0 Å². The maximum Gasteiger partial charge on any atom is 0.333 e. The molecular weight excluding hydrogens is 250 g/mol. The molecule has 3 heteroatoms. The Morgan fingerprint density at radius 2 is 1.85 bits per heavy atom. The summed E-state index contributed by atoms with van der Waals surface area (Å²) in [5, 5.41) is 0. The fourth-order valence-electron chi connectivity index (χ4n) is 3.04. The Hall–Kier alpha value is -1.77. The third-order valence-corrected chi connectivity index (χ3v) is 4.11. The molecule has 0 N–H and O–H groups in total. The third-order valence-electron chi connectivity index (χ3n) is 4.11. The number of cyclic esters (lactones) is 1. The molecule has 3 rings (SSSR count). The van der Waals surface area contributed by atoms with E-state index < -0.39 is 0 Å². The highest BCUT2D eigenvalue weighted by atomic mass is 16.5. The van der Waals surface area contributed by atoms with Crippen molar-refractivity contribution in [2.45, 2.75) is 38.2 Å². The van der Waals surface area contributed by atoms with Gasteiger partial charge in [-0.15, -0.1) is 0 Å². The summed E-state index contributed by atoms with van der Waals surface area (Å²) < 4.78 is 5.48. The zero-order chi connectivity index (χ0) is 13.8. The molecule has 0 aromatic heterocycles. The van der Waals surface area contributed by atoms with Gasteiger partial charge in [-0.05, 0) is 37.7 Å². The maximum atomic E-state index is 11.6. The van der Waals surface area contributed by atoms with Gasteiger partial charge in [-0.25, -0.2) is 4.79 Å². The average Bonchev–Trinajstić information content (AvgIpc) is 2.88. The summed E-state index contributed by atoms with van der Waals surface area (Å²) in [7, 11) is 0. The first kappa shape index (κ1) is 13.2. The Labute approximate surface area is 120 Å². The molecule has 1 fully saturated rings. The van der Waals surface area contributed by atoms with Crippen LogP contribution in [0, 0.1) is 0 Å². The van der Waals surface area contributed by atoms with Crippen LogP contribution in [0.15, 0.2) is 42.1 Å². The minimum atomic E-state index is -0.177. The van der Waals surface area contributed by atoms with Crippen LogP contribution in [0.25, 0.3) is 0 Å². The summed E-state index contributed by atoms with van der Waals surface area (Å²) >= 11 is 0. The summed E-state index contributed by atoms with van der Waals surface area (Å²) in [4.78, 5) is 13.9. The number of aryl methyl sites for hydroxylation is 1. The lowest BCUT2D eigenvalue weighted by molar-refractivity contribution is -0.139. The summed E-state index contributed by atoms with van der Waals surface area (Å²) in [6.07, 6.45) is 7.20. The number of ether oxygens (including phenoxy) is 1. The number of hydrogen-bond acceptors (Lipinski definition) is 3. The molecule has 2 heterocycles. The van der Waals surface area contributed by atoms with Crippen molar-refractivity contribution in [3.63, 3.8) is 0 Å². The largest absolute Gasteiger partial charge is 0.453 e. The van der Waals surface area contributed by atoms with Crippen LogP contribution in [-0.4, -0.2) is 30.1 Å². The lowest BCUT2D eigenvalue weighted by Gasteiger charge is -2.32. The number of piperidine rings is 1. The second-order valence-corrected chi connectivity index (χ2v) is 5.57. The zero-order valence-electron chi connectivity index (χ0n) is 11.8. The Morgan fingerprint density at radius 3 is 2.60 bits per heavy atom. The van der Waals surface area contributed by atoms with Crippen LogP contribution in [-0.2, 0) is 16.0 Å². The van der Waals surface area contributed by atoms with E-state index in [1.807, 2.05) is 6.07 Å². The Bertz CT molecular complexity index is 489. The number of hydrogen-bond donors (Lipinski definition) is 0. The number of nitrogens with zero attached hydrogens (tertiary/aromatic N) is 1. The molecule has 0 aliphatic carbocycles. The van der Waals surface area contributed by atoms with Crippen molar-refractivity contribution < 1.29 is 9.53 Å². The van der Waals surface area contributed by atoms with Crippen LogP contribution in [0.3, 0.4) is 0 Å². The fourth-order valence-corrected chi connectivity index (χ4v) is 3.04. The van der Waals surface area contributed by atoms with Crippen LogP contribution < -0.4 is 0 Å².